The Balaban J connectivity index is 1.39. The lowest BCUT2D eigenvalue weighted by atomic mass is 10.1. The fourth-order valence-electron chi connectivity index (χ4n) is 4.30. The number of hydrogen-bond acceptors (Lipinski definition) is 8. The Bertz CT molecular complexity index is 1140. The molecule has 0 spiro atoms. The first-order chi connectivity index (χ1) is 18.5. The van der Waals surface area contributed by atoms with Gasteiger partial charge >= 0.3 is 6.09 Å². The van der Waals surface area contributed by atoms with Crippen LogP contribution < -0.4 is 16.1 Å². The van der Waals surface area contributed by atoms with E-state index >= 15 is 0 Å². The summed E-state index contributed by atoms with van der Waals surface area (Å²) in [6.45, 7) is 5.63. The molecule has 1 saturated heterocycles. The number of amides is 2. The van der Waals surface area contributed by atoms with Gasteiger partial charge in [0.15, 0.2) is 0 Å². The van der Waals surface area contributed by atoms with Gasteiger partial charge in [0, 0.05) is 70.1 Å². The summed E-state index contributed by atoms with van der Waals surface area (Å²) in [5, 5.41) is 0. The van der Waals surface area contributed by atoms with Crippen molar-refractivity contribution in [3.8, 4) is 0 Å². The second-order valence-electron chi connectivity index (χ2n) is 9.10. The quantitative estimate of drug-likeness (QED) is 0.328. The molecule has 1 aliphatic rings. The van der Waals surface area contributed by atoms with Crippen LogP contribution in [0.4, 0.5) is 16.2 Å². The highest BCUT2D eigenvalue weighted by molar-refractivity contribution is 6.00. The SMILES string of the molecule is COCCN1CCN(c2ccc(N)c(C(=O)NOC(=O)N(Cc3ccccc3)Cc3cccnc3)c2)CC1. The normalized spacial score (nSPS) is 13.7. The second kappa shape index (κ2) is 13.4. The number of benzene rings is 2. The number of hydroxylamine groups is 1. The van der Waals surface area contributed by atoms with Crippen LogP contribution in [0.3, 0.4) is 0 Å². The van der Waals surface area contributed by atoms with E-state index in [9.17, 15) is 9.59 Å². The van der Waals surface area contributed by atoms with Crippen LogP contribution in [0.25, 0.3) is 0 Å². The highest BCUT2D eigenvalue weighted by Crippen LogP contribution is 2.23. The molecular formula is C28H34N6O4. The molecule has 38 heavy (non-hydrogen) atoms. The van der Waals surface area contributed by atoms with Crippen LogP contribution in [0, 0.1) is 0 Å². The van der Waals surface area contributed by atoms with Crippen molar-refractivity contribution in [2.24, 2.45) is 0 Å². The molecule has 200 valence electrons. The molecule has 4 rings (SSSR count). The average molecular weight is 519 g/mol. The first-order valence-electron chi connectivity index (χ1n) is 12.6. The maximum atomic E-state index is 13.0. The number of rotatable bonds is 9. The Morgan fingerprint density at radius 2 is 1.74 bits per heavy atom. The predicted molar refractivity (Wildman–Crippen MR) is 145 cm³/mol. The lowest BCUT2D eigenvalue weighted by Crippen LogP contribution is -2.47. The third-order valence-electron chi connectivity index (χ3n) is 6.43. The van der Waals surface area contributed by atoms with Gasteiger partial charge in [-0.25, -0.2) is 4.79 Å². The standard InChI is InChI=1S/C28H34N6O4/c1-37-17-16-32-12-14-33(15-13-32)24-9-10-26(29)25(18-24)27(35)31-38-28(36)34(20-22-6-3-2-4-7-22)21-23-8-5-11-30-19-23/h2-11,18-19H,12-17,20-21,29H2,1H3,(H,31,35). The predicted octanol–water partition coefficient (Wildman–Crippen LogP) is 2.92. The number of anilines is 2. The van der Waals surface area contributed by atoms with Gasteiger partial charge in [-0.1, -0.05) is 36.4 Å². The van der Waals surface area contributed by atoms with Crippen LogP contribution >= 0.6 is 0 Å². The summed E-state index contributed by atoms with van der Waals surface area (Å²) in [5.74, 6) is -0.586. The van der Waals surface area contributed by atoms with Crippen molar-refractivity contribution >= 4 is 23.4 Å². The number of hydrogen-bond donors (Lipinski definition) is 2. The summed E-state index contributed by atoms with van der Waals surface area (Å²) < 4.78 is 5.17. The van der Waals surface area contributed by atoms with Gasteiger partial charge in [0.1, 0.15) is 0 Å². The maximum Gasteiger partial charge on any atom is 0.434 e. The molecule has 3 aromatic rings. The first-order valence-corrected chi connectivity index (χ1v) is 12.6. The van der Waals surface area contributed by atoms with E-state index in [1.165, 1.54) is 4.90 Å². The minimum absolute atomic E-state index is 0.249. The van der Waals surface area contributed by atoms with Gasteiger partial charge in [-0.2, -0.15) is 5.48 Å². The fourth-order valence-corrected chi connectivity index (χ4v) is 4.30. The molecule has 0 bridgehead atoms. The molecule has 1 aliphatic heterocycles. The van der Waals surface area contributed by atoms with E-state index in [0.717, 1.165) is 49.5 Å². The van der Waals surface area contributed by atoms with Gasteiger partial charge < -0.3 is 20.2 Å². The topological polar surface area (TPSA) is 113 Å². The minimum atomic E-state index is -0.687. The number of methoxy groups -OCH3 is 1. The Morgan fingerprint density at radius 3 is 2.45 bits per heavy atom. The van der Waals surface area contributed by atoms with Gasteiger partial charge in [-0.3, -0.25) is 19.6 Å². The van der Waals surface area contributed by atoms with Crippen molar-refractivity contribution in [2.75, 3.05) is 57.1 Å². The van der Waals surface area contributed by atoms with Crippen LogP contribution in [0.5, 0.6) is 0 Å². The molecule has 2 aromatic carbocycles. The molecule has 0 atom stereocenters. The molecule has 1 fully saturated rings. The van der Waals surface area contributed by atoms with Crippen molar-refractivity contribution in [3.05, 3.63) is 89.7 Å². The fraction of sp³-hybridized carbons (Fsp3) is 0.321. The van der Waals surface area contributed by atoms with E-state index < -0.39 is 12.0 Å². The van der Waals surface area contributed by atoms with E-state index in [1.54, 1.807) is 37.7 Å². The van der Waals surface area contributed by atoms with E-state index in [4.69, 9.17) is 15.3 Å². The molecule has 3 N–H and O–H groups in total. The number of ether oxygens (including phenoxy) is 1. The second-order valence-corrected chi connectivity index (χ2v) is 9.10. The highest BCUT2D eigenvalue weighted by Gasteiger charge is 2.21. The van der Waals surface area contributed by atoms with E-state index in [-0.39, 0.29) is 12.1 Å². The van der Waals surface area contributed by atoms with E-state index in [2.05, 4.69) is 20.3 Å². The molecule has 0 radical (unpaired) electrons. The molecule has 2 heterocycles. The zero-order chi connectivity index (χ0) is 26.7. The van der Waals surface area contributed by atoms with Gasteiger partial charge in [-0.15, -0.1) is 0 Å². The molecule has 0 unspecified atom stereocenters. The molecule has 10 heteroatoms. The number of nitrogens with zero attached hydrogens (tertiary/aromatic N) is 4. The zero-order valence-corrected chi connectivity index (χ0v) is 21.6. The third-order valence-corrected chi connectivity index (χ3v) is 6.43. The van der Waals surface area contributed by atoms with Gasteiger partial charge in [0.2, 0.25) is 0 Å². The third kappa shape index (κ3) is 7.44. The Labute approximate surface area is 222 Å². The number of nitrogens with one attached hydrogen (secondary N) is 1. The lowest BCUT2D eigenvalue weighted by molar-refractivity contribution is 0.0397. The van der Waals surface area contributed by atoms with Gasteiger partial charge in [-0.05, 0) is 35.4 Å². The Hall–Kier alpha value is -4.15. The van der Waals surface area contributed by atoms with Crippen LogP contribution in [0.2, 0.25) is 0 Å². The zero-order valence-electron chi connectivity index (χ0n) is 21.6. The number of nitrogens with two attached hydrogens (primary N) is 1. The highest BCUT2D eigenvalue weighted by atomic mass is 16.7. The first kappa shape index (κ1) is 26.9. The number of carbonyl (C=O) groups is 2. The molecule has 10 nitrogen and oxygen atoms in total. The number of piperazine rings is 1. The van der Waals surface area contributed by atoms with E-state index in [1.807, 2.05) is 42.5 Å². The summed E-state index contributed by atoms with van der Waals surface area (Å²) in [5.41, 5.74) is 11.6. The van der Waals surface area contributed by atoms with Crippen LogP contribution in [0.1, 0.15) is 21.5 Å². The summed E-state index contributed by atoms with van der Waals surface area (Å²) in [6.07, 6.45) is 2.67. The summed E-state index contributed by atoms with van der Waals surface area (Å²) >= 11 is 0. The minimum Gasteiger partial charge on any atom is -0.398 e. The van der Waals surface area contributed by atoms with Crippen LogP contribution in [-0.4, -0.2) is 73.2 Å². The van der Waals surface area contributed by atoms with Crippen molar-refractivity contribution in [1.29, 1.82) is 0 Å². The lowest BCUT2D eigenvalue weighted by Gasteiger charge is -2.36. The Morgan fingerprint density at radius 1 is 1.00 bits per heavy atom. The van der Waals surface area contributed by atoms with Crippen molar-refractivity contribution < 1.29 is 19.2 Å². The number of carbonyl (C=O) groups excluding carboxylic acids is 2. The maximum absolute atomic E-state index is 13.0. The summed E-state index contributed by atoms with van der Waals surface area (Å²) in [4.78, 5) is 41.4. The monoisotopic (exact) mass is 518 g/mol. The van der Waals surface area contributed by atoms with Gasteiger partial charge in [0.05, 0.1) is 18.7 Å². The number of pyridine rings is 1. The molecular weight excluding hydrogens is 484 g/mol. The van der Waals surface area contributed by atoms with Crippen molar-refractivity contribution in [2.45, 2.75) is 13.1 Å². The number of nitrogen functional groups attached to an aromatic ring is 1. The van der Waals surface area contributed by atoms with Crippen LogP contribution in [0.15, 0.2) is 73.1 Å². The molecule has 1 aromatic heterocycles. The largest absolute Gasteiger partial charge is 0.434 e. The van der Waals surface area contributed by atoms with E-state index in [0.29, 0.717) is 18.8 Å². The summed E-state index contributed by atoms with van der Waals surface area (Å²) in [7, 11) is 1.70. The van der Waals surface area contributed by atoms with Crippen LogP contribution in [-0.2, 0) is 22.7 Å². The van der Waals surface area contributed by atoms with Crippen molar-refractivity contribution in [1.82, 2.24) is 20.3 Å². The number of aromatic nitrogens is 1. The molecule has 2 amide bonds. The molecule has 0 saturated carbocycles. The summed E-state index contributed by atoms with van der Waals surface area (Å²) in [6, 6.07) is 18.6. The smallest absolute Gasteiger partial charge is 0.398 e. The molecule has 0 aliphatic carbocycles. The Kier molecular flexibility index (Phi) is 9.49. The van der Waals surface area contributed by atoms with Crippen molar-refractivity contribution in [3.63, 3.8) is 0 Å². The average Bonchev–Trinajstić information content (AvgIpc) is 2.96. The van der Waals surface area contributed by atoms with Gasteiger partial charge in [0.25, 0.3) is 5.91 Å².